The highest BCUT2D eigenvalue weighted by Crippen LogP contribution is 2.42. The van der Waals surface area contributed by atoms with Gasteiger partial charge < -0.3 is 9.47 Å². The van der Waals surface area contributed by atoms with Gasteiger partial charge in [0.2, 0.25) is 5.88 Å². The van der Waals surface area contributed by atoms with Crippen LogP contribution in [0.4, 0.5) is 0 Å². The lowest BCUT2D eigenvalue weighted by molar-refractivity contribution is -0.0514. The maximum atomic E-state index is 6.11. The smallest absolute Gasteiger partial charge is 0.218 e. The highest BCUT2D eigenvalue weighted by Gasteiger charge is 2.32. The minimum absolute atomic E-state index is 0.232. The molecule has 5 nitrogen and oxygen atoms in total. The molecule has 128 valence electrons. The minimum atomic E-state index is 0.232. The van der Waals surface area contributed by atoms with Crippen LogP contribution in [0.3, 0.4) is 0 Å². The lowest BCUT2D eigenvalue weighted by atomic mass is 10.0. The molecule has 0 spiro atoms. The quantitative estimate of drug-likeness (QED) is 0.750. The van der Waals surface area contributed by atoms with Crippen molar-refractivity contribution >= 4 is 11.6 Å². The fraction of sp³-hybridized carbons (Fsp3) is 0.556. The van der Waals surface area contributed by atoms with Crippen molar-refractivity contribution in [2.24, 2.45) is 0 Å². The molecule has 0 N–H and O–H groups in total. The van der Waals surface area contributed by atoms with Crippen molar-refractivity contribution in [3.8, 4) is 11.6 Å². The SMILES string of the molecule is C[C@@H]1CC(n2nc(C3CC3)cc2Oc2ccnc(Cl)c2)C[C@H](C)O1. The van der Waals surface area contributed by atoms with E-state index in [-0.39, 0.29) is 12.2 Å². The van der Waals surface area contributed by atoms with Crippen molar-refractivity contribution in [2.45, 2.75) is 63.7 Å². The van der Waals surface area contributed by atoms with E-state index in [0.717, 1.165) is 24.4 Å². The topological polar surface area (TPSA) is 49.2 Å². The summed E-state index contributed by atoms with van der Waals surface area (Å²) in [5.74, 6) is 2.06. The molecule has 1 unspecified atom stereocenters. The summed E-state index contributed by atoms with van der Waals surface area (Å²) in [7, 11) is 0. The number of rotatable bonds is 4. The van der Waals surface area contributed by atoms with Crippen molar-refractivity contribution in [1.82, 2.24) is 14.8 Å². The van der Waals surface area contributed by atoms with Gasteiger partial charge in [-0.25, -0.2) is 9.67 Å². The van der Waals surface area contributed by atoms with Crippen molar-refractivity contribution < 1.29 is 9.47 Å². The number of aromatic nitrogens is 3. The maximum Gasteiger partial charge on any atom is 0.218 e. The van der Waals surface area contributed by atoms with Crippen molar-refractivity contribution in [1.29, 1.82) is 0 Å². The Labute approximate surface area is 146 Å². The lowest BCUT2D eigenvalue weighted by Gasteiger charge is -2.32. The molecule has 2 aliphatic rings. The van der Waals surface area contributed by atoms with Gasteiger partial charge >= 0.3 is 0 Å². The molecular formula is C18H22ClN3O2. The highest BCUT2D eigenvalue weighted by atomic mass is 35.5. The molecule has 0 amide bonds. The summed E-state index contributed by atoms with van der Waals surface area (Å²) in [6.45, 7) is 4.24. The maximum absolute atomic E-state index is 6.11. The zero-order chi connectivity index (χ0) is 16.7. The van der Waals surface area contributed by atoms with Crippen LogP contribution in [0.5, 0.6) is 11.6 Å². The van der Waals surface area contributed by atoms with Crippen LogP contribution in [-0.4, -0.2) is 27.0 Å². The molecule has 6 heteroatoms. The normalized spacial score (nSPS) is 27.2. The fourth-order valence-corrected chi connectivity index (χ4v) is 3.61. The molecule has 2 aromatic rings. The molecule has 2 fully saturated rings. The van der Waals surface area contributed by atoms with Gasteiger partial charge in [-0.2, -0.15) is 5.10 Å². The van der Waals surface area contributed by atoms with E-state index in [9.17, 15) is 0 Å². The van der Waals surface area contributed by atoms with Crippen LogP contribution in [0.2, 0.25) is 5.15 Å². The summed E-state index contributed by atoms with van der Waals surface area (Å²) in [6.07, 6.45) is 6.45. The molecule has 3 atom stereocenters. The van der Waals surface area contributed by atoms with Gasteiger partial charge in [-0.15, -0.1) is 0 Å². The molecule has 1 saturated heterocycles. The molecule has 1 aliphatic carbocycles. The number of hydrogen-bond acceptors (Lipinski definition) is 4. The van der Waals surface area contributed by atoms with E-state index in [0.29, 0.717) is 22.9 Å². The van der Waals surface area contributed by atoms with Crippen LogP contribution < -0.4 is 4.74 Å². The number of nitrogens with zero attached hydrogens (tertiary/aromatic N) is 3. The van der Waals surface area contributed by atoms with Crippen LogP contribution in [0.15, 0.2) is 24.4 Å². The molecule has 2 aromatic heterocycles. The summed E-state index contributed by atoms with van der Waals surface area (Å²) in [5.41, 5.74) is 1.14. The summed E-state index contributed by atoms with van der Waals surface area (Å²) < 4.78 is 14.0. The van der Waals surface area contributed by atoms with E-state index < -0.39 is 0 Å². The Morgan fingerprint density at radius 3 is 2.62 bits per heavy atom. The first kappa shape index (κ1) is 15.9. The zero-order valence-corrected chi connectivity index (χ0v) is 14.7. The van der Waals surface area contributed by atoms with Crippen LogP contribution in [-0.2, 0) is 4.74 Å². The summed E-state index contributed by atoms with van der Waals surface area (Å²) in [4.78, 5) is 4.00. The Bertz CT molecular complexity index is 719. The van der Waals surface area contributed by atoms with Gasteiger partial charge in [-0.3, -0.25) is 0 Å². The van der Waals surface area contributed by atoms with E-state index in [1.807, 2.05) is 6.07 Å². The van der Waals surface area contributed by atoms with Crippen molar-refractivity contribution in [3.63, 3.8) is 0 Å². The van der Waals surface area contributed by atoms with Gasteiger partial charge in [0.15, 0.2) is 0 Å². The largest absolute Gasteiger partial charge is 0.439 e. The summed E-state index contributed by atoms with van der Waals surface area (Å²) in [5, 5.41) is 5.30. The van der Waals surface area contributed by atoms with Gasteiger partial charge in [0.05, 0.1) is 23.9 Å². The highest BCUT2D eigenvalue weighted by molar-refractivity contribution is 6.29. The zero-order valence-electron chi connectivity index (χ0n) is 14.0. The lowest BCUT2D eigenvalue weighted by Crippen LogP contribution is -2.31. The Hall–Kier alpha value is -1.59. The van der Waals surface area contributed by atoms with E-state index >= 15 is 0 Å². The summed E-state index contributed by atoms with van der Waals surface area (Å²) >= 11 is 5.97. The monoisotopic (exact) mass is 347 g/mol. The average molecular weight is 348 g/mol. The standard InChI is InChI=1S/C18H22ClN3O2/c1-11-7-14(8-12(2)23-11)22-18(10-16(21-22)13-3-4-13)24-15-5-6-20-17(19)9-15/h5-6,9-14H,3-4,7-8H2,1-2H3/t11-,12+,14?. The second-order valence-electron chi connectivity index (χ2n) is 6.93. The van der Waals surface area contributed by atoms with Gasteiger partial charge in [0.1, 0.15) is 10.9 Å². The third kappa shape index (κ3) is 3.42. The van der Waals surface area contributed by atoms with Crippen LogP contribution in [0.1, 0.15) is 57.2 Å². The molecule has 0 radical (unpaired) electrons. The van der Waals surface area contributed by atoms with Crippen LogP contribution >= 0.6 is 11.6 Å². The average Bonchev–Trinajstić information content (AvgIpc) is 3.28. The number of ether oxygens (including phenoxy) is 2. The molecule has 0 bridgehead atoms. The molecular weight excluding hydrogens is 326 g/mol. The number of hydrogen-bond donors (Lipinski definition) is 0. The van der Waals surface area contributed by atoms with Crippen molar-refractivity contribution in [3.05, 3.63) is 35.2 Å². The van der Waals surface area contributed by atoms with Crippen LogP contribution in [0.25, 0.3) is 0 Å². The third-order valence-corrected chi connectivity index (χ3v) is 4.86. The Kier molecular flexibility index (Phi) is 4.22. The number of pyridine rings is 1. The molecule has 24 heavy (non-hydrogen) atoms. The molecule has 3 heterocycles. The van der Waals surface area contributed by atoms with E-state index in [1.165, 1.54) is 12.8 Å². The molecule has 0 aromatic carbocycles. The molecule has 1 saturated carbocycles. The van der Waals surface area contributed by atoms with Gasteiger partial charge in [-0.05, 0) is 45.6 Å². The molecule has 1 aliphatic heterocycles. The summed E-state index contributed by atoms with van der Waals surface area (Å²) in [6, 6.07) is 5.92. The first-order valence-electron chi connectivity index (χ1n) is 8.63. The Morgan fingerprint density at radius 2 is 1.96 bits per heavy atom. The van der Waals surface area contributed by atoms with E-state index in [2.05, 4.69) is 29.6 Å². The minimum Gasteiger partial charge on any atom is -0.439 e. The van der Waals surface area contributed by atoms with E-state index in [4.69, 9.17) is 26.2 Å². The molecule has 4 rings (SSSR count). The first-order chi connectivity index (χ1) is 11.6. The first-order valence-corrected chi connectivity index (χ1v) is 9.00. The predicted octanol–water partition coefficient (Wildman–Crippen LogP) is 4.73. The van der Waals surface area contributed by atoms with Crippen molar-refractivity contribution in [2.75, 3.05) is 0 Å². The number of halogens is 1. The fourth-order valence-electron chi connectivity index (χ4n) is 3.45. The Morgan fingerprint density at radius 1 is 1.21 bits per heavy atom. The van der Waals surface area contributed by atoms with Gasteiger partial charge in [0.25, 0.3) is 0 Å². The third-order valence-electron chi connectivity index (χ3n) is 4.65. The van der Waals surface area contributed by atoms with Gasteiger partial charge in [-0.1, -0.05) is 11.6 Å². The van der Waals surface area contributed by atoms with Crippen LogP contribution in [0, 0.1) is 0 Å². The second kappa shape index (κ2) is 6.37. The van der Waals surface area contributed by atoms with Gasteiger partial charge in [0, 0.05) is 24.2 Å². The van der Waals surface area contributed by atoms with E-state index in [1.54, 1.807) is 12.3 Å². The Balaban J connectivity index is 1.64. The second-order valence-corrected chi connectivity index (χ2v) is 7.31. The predicted molar refractivity (Wildman–Crippen MR) is 91.8 cm³/mol.